The van der Waals surface area contributed by atoms with Crippen molar-refractivity contribution in [2.75, 3.05) is 18.0 Å². The summed E-state index contributed by atoms with van der Waals surface area (Å²) in [6.07, 6.45) is 4.88. The Bertz CT molecular complexity index is 843. The number of rotatable bonds is 3. The van der Waals surface area contributed by atoms with Crippen LogP contribution in [-0.2, 0) is 20.2 Å². The van der Waals surface area contributed by atoms with E-state index in [1.54, 1.807) is 10.4 Å². The zero-order chi connectivity index (χ0) is 18.7. The minimum atomic E-state index is -3.49. The quantitative estimate of drug-likeness (QED) is 0.813. The highest BCUT2D eigenvalue weighted by atomic mass is 32.2. The van der Waals surface area contributed by atoms with Crippen LogP contribution in [0.3, 0.4) is 0 Å². The van der Waals surface area contributed by atoms with Gasteiger partial charge in [0.2, 0.25) is 15.9 Å². The van der Waals surface area contributed by atoms with Gasteiger partial charge in [-0.05, 0) is 56.4 Å². The molecule has 3 aliphatic rings. The van der Waals surface area contributed by atoms with Gasteiger partial charge in [0.25, 0.3) is 0 Å². The van der Waals surface area contributed by atoms with Gasteiger partial charge < -0.3 is 4.90 Å². The molecule has 0 N–H and O–H groups in total. The Hall–Kier alpha value is -1.40. The highest BCUT2D eigenvalue weighted by molar-refractivity contribution is 7.89. The summed E-state index contributed by atoms with van der Waals surface area (Å²) in [6, 6.07) is 5.38. The summed E-state index contributed by atoms with van der Waals surface area (Å²) in [6.45, 7) is 7.39. The van der Waals surface area contributed by atoms with E-state index in [1.807, 2.05) is 24.0 Å². The standard InChI is InChI=1S/C20H28N2O3S/c1-14-6-4-5-11-22(14)26(24,25)16-9-10-18-17(12-16)20(2,3)13-21(18)19(23)15-7-8-15/h9-10,12,14-15H,4-8,11,13H2,1-3H3. The predicted molar refractivity (Wildman–Crippen MR) is 102 cm³/mol. The number of carbonyl (C=O) groups excluding carboxylic acids is 1. The van der Waals surface area contributed by atoms with Gasteiger partial charge in [-0.25, -0.2) is 8.42 Å². The fourth-order valence-electron chi connectivity index (χ4n) is 4.33. The molecule has 0 spiro atoms. The van der Waals surface area contributed by atoms with E-state index in [0.29, 0.717) is 18.0 Å². The normalized spacial score (nSPS) is 26.0. The molecular weight excluding hydrogens is 348 g/mol. The molecule has 26 heavy (non-hydrogen) atoms. The van der Waals surface area contributed by atoms with Gasteiger partial charge in [-0.3, -0.25) is 4.79 Å². The molecule has 2 fully saturated rings. The topological polar surface area (TPSA) is 57.7 Å². The lowest BCUT2D eigenvalue weighted by molar-refractivity contribution is -0.119. The SMILES string of the molecule is CC1CCCCN1S(=O)(=O)c1ccc2c(c1)C(C)(C)CN2C(=O)C1CC1. The molecule has 1 saturated heterocycles. The Morgan fingerprint density at radius 3 is 2.54 bits per heavy atom. The van der Waals surface area contributed by atoms with Gasteiger partial charge in [-0.2, -0.15) is 4.31 Å². The first-order valence-electron chi connectivity index (χ1n) is 9.69. The molecule has 1 saturated carbocycles. The third-order valence-corrected chi connectivity index (χ3v) is 8.09. The van der Waals surface area contributed by atoms with Crippen LogP contribution >= 0.6 is 0 Å². The summed E-state index contributed by atoms with van der Waals surface area (Å²) < 4.78 is 28.0. The number of benzene rings is 1. The number of hydrogen-bond donors (Lipinski definition) is 0. The average molecular weight is 377 g/mol. The molecule has 2 heterocycles. The summed E-state index contributed by atoms with van der Waals surface area (Å²) in [7, 11) is -3.49. The second-order valence-electron chi connectivity index (χ2n) is 8.72. The Morgan fingerprint density at radius 2 is 1.88 bits per heavy atom. The van der Waals surface area contributed by atoms with E-state index >= 15 is 0 Å². The summed E-state index contributed by atoms with van der Waals surface area (Å²) in [4.78, 5) is 14.9. The molecule has 2 aliphatic heterocycles. The Kier molecular flexibility index (Phi) is 4.19. The van der Waals surface area contributed by atoms with E-state index in [1.165, 1.54) is 0 Å². The van der Waals surface area contributed by atoms with Crippen molar-refractivity contribution in [3.8, 4) is 0 Å². The maximum absolute atomic E-state index is 13.2. The van der Waals surface area contributed by atoms with Gasteiger partial charge >= 0.3 is 0 Å². The van der Waals surface area contributed by atoms with Crippen molar-refractivity contribution >= 4 is 21.6 Å². The van der Waals surface area contributed by atoms with Crippen LogP contribution in [0.15, 0.2) is 23.1 Å². The van der Waals surface area contributed by atoms with Crippen LogP contribution in [-0.4, -0.2) is 37.8 Å². The number of fused-ring (bicyclic) bond motifs is 1. The number of piperidine rings is 1. The summed E-state index contributed by atoms with van der Waals surface area (Å²) in [5, 5.41) is 0. The molecule has 1 aromatic rings. The maximum Gasteiger partial charge on any atom is 0.243 e. The monoisotopic (exact) mass is 376 g/mol. The number of carbonyl (C=O) groups is 1. The Balaban J connectivity index is 1.71. The lowest BCUT2D eigenvalue weighted by Gasteiger charge is -2.32. The Morgan fingerprint density at radius 1 is 1.15 bits per heavy atom. The van der Waals surface area contributed by atoms with Gasteiger partial charge in [0.15, 0.2) is 0 Å². The number of sulfonamides is 1. The number of amides is 1. The third-order valence-electron chi connectivity index (χ3n) is 6.08. The molecule has 1 atom stereocenters. The maximum atomic E-state index is 13.2. The molecule has 142 valence electrons. The molecule has 6 heteroatoms. The van der Waals surface area contributed by atoms with Crippen LogP contribution in [0.2, 0.25) is 0 Å². The van der Waals surface area contributed by atoms with Crippen molar-refractivity contribution in [2.45, 2.75) is 69.2 Å². The predicted octanol–water partition coefficient (Wildman–Crippen LogP) is 3.28. The fraction of sp³-hybridized carbons (Fsp3) is 0.650. The molecule has 1 amide bonds. The summed E-state index contributed by atoms with van der Waals surface area (Å²) in [5.74, 6) is 0.353. The van der Waals surface area contributed by atoms with Gasteiger partial charge in [0.05, 0.1) is 4.90 Å². The van der Waals surface area contributed by atoms with E-state index in [4.69, 9.17) is 0 Å². The molecule has 1 unspecified atom stereocenters. The fourth-order valence-corrected chi connectivity index (χ4v) is 6.06. The van der Waals surface area contributed by atoms with Crippen molar-refractivity contribution in [3.05, 3.63) is 23.8 Å². The van der Waals surface area contributed by atoms with Crippen LogP contribution in [0, 0.1) is 5.92 Å². The largest absolute Gasteiger partial charge is 0.311 e. The van der Waals surface area contributed by atoms with Gasteiger partial charge in [-0.15, -0.1) is 0 Å². The van der Waals surface area contributed by atoms with Crippen molar-refractivity contribution in [3.63, 3.8) is 0 Å². The molecule has 1 aromatic carbocycles. The molecule has 4 rings (SSSR count). The zero-order valence-corrected chi connectivity index (χ0v) is 16.7. The van der Waals surface area contributed by atoms with Crippen molar-refractivity contribution in [1.29, 1.82) is 0 Å². The van der Waals surface area contributed by atoms with Crippen LogP contribution in [0.25, 0.3) is 0 Å². The van der Waals surface area contributed by atoms with Crippen molar-refractivity contribution in [2.24, 2.45) is 5.92 Å². The summed E-state index contributed by atoms with van der Waals surface area (Å²) in [5.41, 5.74) is 1.62. The van der Waals surface area contributed by atoms with E-state index in [-0.39, 0.29) is 23.3 Å². The van der Waals surface area contributed by atoms with E-state index in [9.17, 15) is 13.2 Å². The first-order chi connectivity index (χ1) is 12.2. The number of nitrogens with zero attached hydrogens (tertiary/aromatic N) is 2. The molecule has 5 nitrogen and oxygen atoms in total. The average Bonchev–Trinajstić information content (AvgIpc) is 3.40. The Labute approximate surface area is 156 Å². The zero-order valence-electron chi connectivity index (χ0n) is 15.9. The molecule has 0 radical (unpaired) electrons. The second-order valence-corrected chi connectivity index (χ2v) is 10.6. The lowest BCUT2D eigenvalue weighted by Crippen LogP contribution is -2.41. The first-order valence-corrected chi connectivity index (χ1v) is 11.1. The third kappa shape index (κ3) is 2.87. The second kappa shape index (κ2) is 6.06. The van der Waals surface area contributed by atoms with Gasteiger partial charge in [-0.1, -0.05) is 20.3 Å². The molecular formula is C20H28N2O3S. The van der Waals surface area contributed by atoms with Crippen LogP contribution in [0.1, 0.15) is 58.4 Å². The lowest BCUT2D eigenvalue weighted by atomic mass is 9.87. The highest BCUT2D eigenvalue weighted by Crippen LogP contribution is 2.44. The van der Waals surface area contributed by atoms with Crippen LogP contribution in [0.4, 0.5) is 5.69 Å². The van der Waals surface area contributed by atoms with Gasteiger partial charge in [0.1, 0.15) is 0 Å². The molecule has 1 aliphatic carbocycles. The van der Waals surface area contributed by atoms with Crippen LogP contribution in [0.5, 0.6) is 0 Å². The first kappa shape index (κ1) is 18.0. The number of hydrogen-bond acceptors (Lipinski definition) is 3. The van der Waals surface area contributed by atoms with Crippen molar-refractivity contribution < 1.29 is 13.2 Å². The van der Waals surface area contributed by atoms with Gasteiger partial charge in [0, 0.05) is 36.2 Å². The molecule has 0 aromatic heterocycles. The highest BCUT2D eigenvalue weighted by Gasteiger charge is 2.43. The van der Waals surface area contributed by atoms with Crippen molar-refractivity contribution in [1.82, 2.24) is 4.31 Å². The minimum absolute atomic E-state index is 0.0444. The number of anilines is 1. The minimum Gasteiger partial charge on any atom is -0.311 e. The molecule has 0 bridgehead atoms. The summed E-state index contributed by atoms with van der Waals surface area (Å²) >= 11 is 0. The van der Waals surface area contributed by atoms with E-state index in [2.05, 4.69) is 13.8 Å². The van der Waals surface area contributed by atoms with E-state index < -0.39 is 10.0 Å². The van der Waals surface area contributed by atoms with E-state index in [0.717, 1.165) is 43.4 Å². The van der Waals surface area contributed by atoms with Crippen LogP contribution < -0.4 is 4.90 Å². The smallest absolute Gasteiger partial charge is 0.243 e.